The van der Waals surface area contributed by atoms with Crippen LogP contribution in [0.3, 0.4) is 0 Å². The Balaban J connectivity index is 3.35. The van der Waals surface area contributed by atoms with Crippen LogP contribution in [0.15, 0.2) is 12.2 Å². The maximum Gasteiger partial charge on any atom is 0.305 e. The van der Waals surface area contributed by atoms with Crippen LogP contribution in [0.25, 0.3) is 0 Å². The first-order chi connectivity index (χ1) is 30.5. The van der Waals surface area contributed by atoms with Gasteiger partial charge in [0.1, 0.15) is 0 Å². The van der Waals surface area contributed by atoms with Gasteiger partial charge in [0, 0.05) is 12.8 Å². The van der Waals surface area contributed by atoms with Crippen LogP contribution in [0.5, 0.6) is 0 Å². The van der Waals surface area contributed by atoms with Gasteiger partial charge < -0.3 is 20.3 Å². The molecule has 0 fully saturated rings. The number of aliphatic hydroxyl groups excluding tert-OH is 2. The van der Waals surface area contributed by atoms with E-state index < -0.39 is 12.1 Å². The topological polar surface area (TPSA) is 95.9 Å². The van der Waals surface area contributed by atoms with E-state index in [2.05, 4.69) is 31.3 Å². The fraction of sp³-hybridized carbons (Fsp3) is 0.929. The van der Waals surface area contributed by atoms with E-state index in [9.17, 15) is 19.8 Å². The number of rotatable bonds is 52. The molecule has 0 bridgehead atoms. The molecule has 6 heteroatoms. The summed E-state index contributed by atoms with van der Waals surface area (Å²) in [6.45, 7) is 4.93. The molecular weight excluding hydrogens is 767 g/mol. The highest BCUT2D eigenvalue weighted by Gasteiger charge is 2.20. The zero-order valence-corrected chi connectivity index (χ0v) is 41.9. The lowest BCUT2D eigenvalue weighted by molar-refractivity contribution is -0.143. The first-order valence-corrected chi connectivity index (χ1v) is 27.9. The van der Waals surface area contributed by atoms with Gasteiger partial charge in [0.2, 0.25) is 5.91 Å². The normalized spacial score (nSPS) is 12.6. The number of carbonyl (C=O) groups excluding carboxylic acids is 2. The molecule has 0 saturated carbocycles. The largest absolute Gasteiger partial charge is 0.466 e. The molecule has 0 rings (SSSR count). The minimum absolute atomic E-state index is 0.00413. The average molecular weight is 876 g/mol. The molecule has 62 heavy (non-hydrogen) atoms. The van der Waals surface area contributed by atoms with Gasteiger partial charge in [-0.05, 0) is 51.4 Å². The summed E-state index contributed by atoms with van der Waals surface area (Å²) < 4.78 is 5.47. The summed E-state index contributed by atoms with van der Waals surface area (Å²) in [6, 6.07) is -0.539. The molecule has 0 aliphatic rings. The van der Waals surface area contributed by atoms with Gasteiger partial charge in [0.05, 0.1) is 25.4 Å². The molecule has 0 aliphatic heterocycles. The second kappa shape index (κ2) is 52.2. The van der Waals surface area contributed by atoms with E-state index in [-0.39, 0.29) is 18.5 Å². The van der Waals surface area contributed by atoms with Crippen LogP contribution in [0.4, 0.5) is 0 Å². The van der Waals surface area contributed by atoms with E-state index in [1.165, 1.54) is 231 Å². The summed E-state index contributed by atoms with van der Waals surface area (Å²) in [4.78, 5) is 24.4. The summed E-state index contributed by atoms with van der Waals surface area (Å²) in [5, 5.41) is 23.1. The SMILES string of the molecule is CCCCCC/C=C\CCCCCCCC(=O)OCCCCCCCCCCCCCCCCCCCCCCCCC(=O)NC(CO)C(O)CCCCCCCCCCCC. The predicted molar refractivity (Wildman–Crippen MR) is 269 cm³/mol. The van der Waals surface area contributed by atoms with E-state index in [1.807, 2.05) is 0 Å². The van der Waals surface area contributed by atoms with Gasteiger partial charge in [-0.2, -0.15) is 0 Å². The Morgan fingerprint density at radius 1 is 0.435 bits per heavy atom. The standard InChI is InChI=1S/C56H109NO5/c1-3-5-7-9-11-13-15-26-30-34-38-42-46-50-56(61)62-51-47-43-39-35-31-28-25-23-21-19-17-16-18-20-22-24-27-29-33-37-41-45-49-55(60)57-53(52-58)54(59)48-44-40-36-32-14-12-10-8-6-4-2/h13,15,53-54,58-59H,3-12,14,16-52H2,1-2H3,(H,57,60)/b15-13-. The molecule has 2 atom stereocenters. The van der Waals surface area contributed by atoms with Gasteiger partial charge in [-0.15, -0.1) is 0 Å². The molecule has 0 aliphatic carbocycles. The van der Waals surface area contributed by atoms with Crippen molar-refractivity contribution in [1.29, 1.82) is 0 Å². The van der Waals surface area contributed by atoms with Gasteiger partial charge in [0.15, 0.2) is 0 Å². The summed E-state index contributed by atoms with van der Waals surface area (Å²) >= 11 is 0. The minimum atomic E-state index is -0.661. The van der Waals surface area contributed by atoms with Crippen molar-refractivity contribution in [2.24, 2.45) is 0 Å². The number of allylic oxidation sites excluding steroid dienone is 2. The Labute approximate surface area is 387 Å². The van der Waals surface area contributed by atoms with Gasteiger partial charge in [-0.3, -0.25) is 9.59 Å². The quantitative estimate of drug-likeness (QED) is 0.0321. The lowest BCUT2D eigenvalue weighted by atomic mass is 10.0. The van der Waals surface area contributed by atoms with Crippen molar-refractivity contribution in [1.82, 2.24) is 5.32 Å². The van der Waals surface area contributed by atoms with E-state index >= 15 is 0 Å². The van der Waals surface area contributed by atoms with Crippen LogP contribution in [-0.4, -0.2) is 47.4 Å². The van der Waals surface area contributed by atoms with E-state index in [1.54, 1.807) is 0 Å². The zero-order chi connectivity index (χ0) is 45.1. The van der Waals surface area contributed by atoms with Crippen LogP contribution < -0.4 is 5.32 Å². The Bertz CT molecular complexity index is 924. The molecule has 0 radical (unpaired) electrons. The molecule has 0 heterocycles. The van der Waals surface area contributed by atoms with Gasteiger partial charge >= 0.3 is 5.97 Å². The number of hydrogen-bond donors (Lipinski definition) is 3. The fourth-order valence-electron chi connectivity index (χ4n) is 8.75. The molecule has 368 valence electrons. The first kappa shape index (κ1) is 60.6. The number of aliphatic hydroxyl groups is 2. The van der Waals surface area contributed by atoms with Crippen molar-refractivity contribution in [2.45, 2.75) is 321 Å². The van der Waals surface area contributed by atoms with Crippen LogP contribution in [-0.2, 0) is 14.3 Å². The highest BCUT2D eigenvalue weighted by atomic mass is 16.5. The van der Waals surface area contributed by atoms with Gasteiger partial charge in [-0.25, -0.2) is 0 Å². The third-order valence-electron chi connectivity index (χ3n) is 13.1. The molecule has 2 unspecified atom stereocenters. The summed E-state index contributed by atoms with van der Waals surface area (Å²) in [7, 11) is 0. The van der Waals surface area contributed by atoms with Crippen molar-refractivity contribution < 1.29 is 24.5 Å². The minimum Gasteiger partial charge on any atom is -0.466 e. The number of esters is 1. The third-order valence-corrected chi connectivity index (χ3v) is 13.1. The molecule has 0 aromatic heterocycles. The van der Waals surface area contributed by atoms with Crippen molar-refractivity contribution in [3.8, 4) is 0 Å². The molecule has 3 N–H and O–H groups in total. The lowest BCUT2D eigenvalue weighted by Crippen LogP contribution is -2.45. The van der Waals surface area contributed by atoms with Crippen molar-refractivity contribution in [3.63, 3.8) is 0 Å². The summed E-state index contributed by atoms with van der Waals surface area (Å²) in [6.07, 6.45) is 60.6. The van der Waals surface area contributed by atoms with Gasteiger partial charge in [0.25, 0.3) is 0 Å². The average Bonchev–Trinajstić information content (AvgIpc) is 3.27. The number of nitrogens with one attached hydrogen (secondary N) is 1. The van der Waals surface area contributed by atoms with E-state index in [4.69, 9.17) is 4.74 Å². The Hall–Kier alpha value is -1.40. The summed E-state index contributed by atoms with van der Waals surface area (Å²) in [5.41, 5.74) is 0. The number of hydrogen-bond acceptors (Lipinski definition) is 5. The van der Waals surface area contributed by atoms with Crippen molar-refractivity contribution in [2.75, 3.05) is 13.2 Å². The highest BCUT2D eigenvalue weighted by Crippen LogP contribution is 2.17. The predicted octanol–water partition coefficient (Wildman–Crippen LogP) is 16.9. The second-order valence-electron chi connectivity index (χ2n) is 19.3. The molecule has 0 aromatic rings. The number of ether oxygens (including phenoxy) is 1. The number of carbonyl (C=O) groups is 2. The van der Waals surface area contributed by atoms with Crippen LogP contribution in [0, 0.1) is 0 Å². The Morgan fingerprint density at radius 2 is 0.758 bits per heavy atom. The van der Waals surface area contributed by atoms with Gasteiger partial charge in [-0.1, -0.05) is 257 Å². The van der Waals surface area contributed by atoms with Crippen LogP contribution in [0.2, 0.25) is 0 Å². The Morgan fingerprint density at radius 3 is 1.16 bits per heavy atom. The Kier molecular flexibility index (Phi) is 51.0. The fourth-order valence-corrected chi connectivity index (χ4v) is 8.75. The van der Waals surface area contributed by atoms with Crippen LogP contribution in [0.1, 0.15) is 309 Å². The van der Waals surface area contributed by atoms with Crippen molar-refractivity contribution >= 4 is 11.9 Å². The monoisotopic (exact) mass is 876 g/mol. The van der Waals surface area contributed by atoms with E-state index in [0.717, 1.165) is 44.9 Å². The third kappa shape index (κ3) is 48.1. The zero-order valence-electron chi connectivity index (χ0n) is 41.9. The number of unbranched alkanes of at least 4 members (excludes halogenated alkanes) is 39. The number of amides is 1. The van der Waals surface area contributed by atoms with Crippen molar-refractivity contribution in [3.05, 3.63) is 12.2 Å². The molecule has 6 nitrogen and oxygen atoms in total. The molecular formula is C56H109NO5. The molecule has 0 aromatic carbocycles. The van der Waals surface area contributed by atoms with E-state index in [0.29, 0.717) is 25.9 Å². The molecule has 0 saturated heterocycles. The maximum absolute atomic E-state index is 12.4. The lowest BCUT2D eigenvalue weighted by Gasteiger charge is -2.22. The highest BCUT2D eigenvalue weighted by molar-refractivity contribution is 5.76. The molecule has 0 spiro atoms. The second-order valence-corrected chi connectivity index (χ2v) is 19.3. The van der Waals surface area contributed by atoms with Crippen LogP contribution >= 0.6 is 0 Å². The maximum atomic E-state index is 12.4. The molecule has 1 amide bonds. The summed E-state index contributed by atoms with van der Waals surface area (Å²) in [5.74, 6) is -0.0319. The smallest absolute Gasteiger partial charge is 0.305 e. The first-order valence-electron chi connectivity index (χ1n) is 27.9.